The van der Waals surface area contributed by atoms with Gasteiger partial charge in [-0.2, -0.15) is 0 Å². The fraction of sp³-hybridized carbons (Fsp3) is 0.900. The lowest BCUT2D eigenvalue weighted by molar-refractivity contribution is -0.141. The predicted octanol–water partition coefficient (Wildman–Crippen LogP) is 1.76. The van der Waals surface area contributed by atoms with Crippen LogP contribution in [-0.4, -0.2) is 44.3 Å². The van der Waals surface area contributed by atoms with E-state index in [1.807, 2.05) is 0 Å². The maximum atomic E-state index is 10.7. The number of carbonyl (C=O) groups excluding carboxylic acids is 1. The van der Waals surface area contributed by atoms with Crippen LogP contribution in [0.2, 0.25) is 0 Å². The molecule has 0 aliphatic rings. The SMILES string of the molecule is CCCCOCCOCCOC(=O)CBr. The van der Waals surface area contributed by atoms with Gasteiger partial charge in [0.25, 0.3) is 0 Å². The van der Waals surface area contributed by atoms with Crippen molar-refractivity contribution in [2.75, 3.05) is 38.4 Å². The van der Waals surface area contributed by atoms with E-state index in [0.717, 1.165) is 19.4 Å². The molecule has 0 N–H and O–H groups in total. The Morgan fingerprint density at radius 1 is 1.07 bits per heavy atom. The van der Waals surface area contributed by atoms with Crippen molar-refractivity contribution >= 4 is 21.9 Å². The van der Waals surface area contributed by atoms with Crippen molar-refractivity contribution in [3.05, 3.63) is 0 Å². The van der Waals surface area contributed by atoms with E-state index in [1.54, 1.807) is 0 Å². The number of ether oxygens (including phenoxy) is 3. The third-order valence-corrected chi connectivity index (χ3v) is 2.07. The highest BCUT2D eigenvalue weighted by Crippen LogP contribution is 1.89. The summed E-state index contributed by atoms with van der Waals surface area (Å²) in [5.74, 6) is -0.266. The Bertz CT molecular complexity index is 152. The highest BCUT2D eigenvalue weighted by molar-refractivity contribution is 9.09. The van der Waals surface area contributed by atoms with Gasteiger partial charge in [-0.1, -0.05) is 29.3 Å². The summed E-state index contributed by atoms with van der Waals surface area (Å²) in [5.41, 5.74) is 0. The van der Waals surface area contributed by atoms with Gasteiger partial charge in [-0.3, -0.25) is 4.79 Å². The zero-order valence-corrected chi connectivity index (χ0v) is 10.8. The summed E-state index contributed by atoms with van der Waals surface area (Å²) in [5, 5.41) is 0.229. The minimum Gasteiger partial charge on any atom is -0.463 e. The van der Waals surface area contributed by atoms with Crippen molar-refractivity contribution in [2.45, 2.75) is 19.8 Å². The van der Waals surface area contributed by atoms with Gasteiger partial charge in [0.05, 0.1) is 19.8 Å². The van der Waals surface area contributed by atoms with Crippen LogP contribution in [0, 0.1) is 0 Å². The van der Waals surface area contributed by atoms with Gasteiger partial charge in [0, 0.05) is 6.61 Å². The van der Waals surface area contributed by atoms with E-state index in [0.29, 0.717) is 26.4 Å². The Hall–Kier alpha value is -0.130. The minimum atomic E-state index is -0.266. The van der Waals surface area contributed by atoms with Gasteiger partial charge in [0.1, 0.15) is 11.9 Å². The van der Waals surface area contributed by atoms with Crippen molar-refractivity contribution in [1.29, 1.82) is 0 Å². The van der Waals surface area contributed by atoms with E-state index in [-0.39, 0.29) is 11.3 Å². The van der Waals surface area contributed by atoms with Crippen LogP contribution in [0.5, 0.6) is 0 Å². The molecule has 5 heteroatoms. The number of esters is 1. The van der Waals surface area contributed by atoms with Crippen LogP contribution >= 0.6 is 15.9 Å². The highest BCUT2D eigenvalue weighted by atomic mass is 79.9. The molecule has 0 spiro atoms. The monoisotopic (exact) mass is 282 g/mol. The van der Waals surface area contributed by atoms with Gasteiger partial charge in [0.15, 0.2) is 0 Å². The molecule has 0 radical (unpaired) electrons. The topological polar surface area (TPSA) is 44.8 Å². The van der Waals surface area contributed by atoms with Crippen LogP contribution < -0.4 is 0 Å². The molecule has 0 bridgehead atoms. The number of carbonyl (C=O) groups is 1. The second-order valence-corrected chi connectivity index (χ2v) is 3.49. The van der Waals surface area contributed by atoms with Crippen molar-refractivity contribution in [2.24, 2.45) is 0 Å². The highest BCUT2D eigenvalue weighted by Gasteiger charge is 1.97. The van der Waals surface area contributed by atoms with E-state index in [1.165, 1.54) is 0 Å². The molecule has 0 saturated carbocycles. The smallest absolute Gasteiger partial charge is 0.316 e. The first-order chi connectivity index (χ1) is 7.31. The van der Waals surface area contributed by atoms with Crippen LogP contribution in [-0.2, 0) is 19.0 Å². The lowest BCUT2D eigenvalue weighted by Crippen LogP contribution is -2.13. The molecule has 0 aromatic heterocycles. The minimum absolute atomic E-state index is 0.229. The number of alkyl halides is 1. The summed E-state index contributed by atoms with van der Waals surface area (Å²) in [6.07, 6.45) is 2.23. The fourth-order valence-corrected chi connectivity index (χ4v) is 0.983. The molecule has 0 unspecified atom stereocenters. The Morgan fingerprint density at radius 2 is 1.67 bits per heavy atom. The van der Waals surface area contributed by atoms with E-state index in [9.17, 15) is 4.79 Å². The molecule has 0 aliphatic heterocycles. The second-order valence-electron chi connectivity index (χ2n) is 2.93. The first-order valence-corrected chi connectivity index (χ1v) is 6.30. The van der Waals surface area contributed by atoms with E-state index < -0.39 is 0 Å². The van der Waals surface area contributed by atoms with Crippen molar-refractivity contribution in [3.63, 3.8) is 0 Å². The van der Waals surface area contributed by atoms with Crippen LogP contribution in [0.3, 0.4) is 0 Å². The first-order valence-electron chi connectivity index (χ1n) is 5.18. The Balaban J connectivity index is 2.95. The third kappa shape index (κ3) is 11.8. The zero-order valence-electron chi connectivity index (χ0n) is 9.17. The van der Waals surface area contributed by atoms with Crippen LogP contribution in [0.25, 0.3) is 0 Å². The average molecular weight is 283 g/mol. The molecular formula is C10H19BrO4. The van der Waals surface area contributed by atoms with Crippen molar-refractivity contribution < 1.29 is 19.0 Å². The average Bonchev–Trinajstić information content (AvgIpc) is 2.26. The number of unbranched alkanes of at least 4 members (excludes halogenated alkanes) is 1. The van der Waals surface area contributed by atoms with Crippen molar-refractivity contribution in [3.8, 4) is 0 Å². The van der Waals surface area contributed by atoms with Gasteiger partial charge < -0.3 is 14.2 Å². The van der Waals surface area contributed by atoms with E-state index >= 15 is 0 Å². The fourth-order valence-electron chi connectivity index (χ4n) is 0.821. The molecule has 0 saturated heterocycles. The summed E-state index contributed by atoms with van der Waals surface area (Å²) < 4.78 is 15.3. The maximum Gasteiger partial charge on any atom is 0.316 e. The molecule has 0 aromatic carbocycles. The Morgan fingerprint density at radius 3 is 2.27 bits per heavy atom. The number of halogens is 1. The van der Waals surface area contributed by atoms with E-state index in [4.69, 9.17) is 14.2 Å². The zero-order chi connectivity index (χ0) is 11.4. The molecular weight excluding hydrogens is 264 g/mol. The summed E-state index contributed by atoms with van der Waals surface area (Å²) >= 11 is 3.00. The van der Waals surface area contributed by atoms with Crippen LogP contribution in [0.1, 0.15) is 19.8 Å². The molecule has 15 heavy (non-hydrogen) atoms. The normalized spacial score (nSPS) is 10.3. The van der Waals surface area contributed by atoms with Gasteiger partial charge in [0.2, 0.25) is 0 Å². The molecule has 0 aliphatic carbocycles. The Labute approximate surface area is 99.4 Å². The van der Waals surface area contributed by atoms with Crippen molar-refractivity contribution in [1.82, 2.24) is 0 Å². The van der Waals surface area contributed by atoms with Gasteiger partial charge in [-0.15, -0.1) is 0 Å². The summed E-state index contributed by atoms with van der Waals surface area (Å²) in [4.78, 5) is 10.7. The molecule has 0 heterocycles. The van der Waals surface area contributed by atoms with Gasteiger partial charge in [-0.25, -0.2) is 0 Å². The first kappa shape index (κ1) is 14.9. The van der Waals surface area contributed by atoms with Gasteiger partial charge in [-0.05, 0) is 6.42 Å². The largest absolute Gasteiger partial charge is 0.463 e. The second kappa shape index (κ2) is 11.9. The molecule has 0 rings (SSSR count). The molecule has 90 valence electrons. The quantitative estimate of drug-likeness (QED) is 0.348. The molecule has 0 amide bonds. The lowest BCUT2D eigenvalue weighted by Gasteiger charge is -2.05. The molecule has 0 aromatic rings. The third-order valence-electron chi connectivity index (χ3n) is 1.61. The molecule has 0 atom stereocenters. The van der Waals surface area contributed by atoms with Crippen LogP contribution in [0.15, 0.2) is 0 Å². The summed E-state index contributed by atoms with van der Waals surface area (Å²) in [6, 6.07) is 0. The van der Waals surface area contributed by atoms with Gasteiger partial charge >= 0.3 is 5.97 Å². The maximum absolute atomic E-state index is 10.7. The summed E-state index contributed by atoms with van der Waals surface area (Å²) in [6.45, 7) is 4.80. The number of rotatable bonds is 10. The molecule has 4 nitrogen and oxygen atoms in total. The Kier molecular flexibility index (Phi) is 11.8. The summed E-state index contributed by atoms with van der Waals surface area (Å²) in [7, 11) is 0. The van der Waals surface area contributed by atoms with E-state index in [2.05, 4.69) is 22.9 Å². The predicted molar refractivity (Wildman–Crippen MR) is 61.3 cm³/mol. The molecule has 0 fully saturated rings. The van der Waals surface area contributed by atoms with Crippen LogP contribution in [0.4, 0.5) is 0 Å². The lowest BCUT2D eigenvalue weighted by atomic mass is 10.4. The number of hydrogen-bond donors (Lipinski definition) is 0. The standard InChI is InChI=1S/C10H19BrO4/c1-2-3-4-13-5-6-14-7-8-15-10(12)9-11/h2-9H2,1H3. The number of hydrogen-bond acceptors (Lipinski definition) is 4.